The second-order valence-corrected chi connectivity index (χ2v) is 7.35. The number of sulfonamides is 1. The van der Waals surface area contributed by atoms with E-state index >= 15 is 0 Å². The summed E-state index contributed by atoms with van der Waals surface area (Å²) in [5, 5.41) is 3.50. The first-order valence-corrected chi connectivity index (χ1v) is 9.48. The lowest BCUT2D eigenvalue weighted by Gasteiger charge is -2.20. The van der Waals surface area contributed by atoms with Crippen LogP contribution in [0.3, 0.4) is 0 Å². The van der Waals surface area contributed by atoms with E-state index in [2.05, 4.69) is 10.1 Å². The number of hydrogen-bond donors (Lipinski definition) is 0. The zero-order chi connectivity index (χ0) is 18.2. The SMILES string of the molecule is CCCCN(C)S(=O)(=O)c1ncn(C(=O)N(CCC)CCOC)n1. The molecule has 138 valence electrons. The molecule has 10 heteroatoms. The Morgan fingerprint density at radius 2 is 1.96 bits per heavy atom. The van der Waals surface area contributed by atoms with Crippen molar-refractivity contribution < 1.29 is 17.9 Å². The van der Waals surface area contributed by atoms with Gasteiger partial charge >= 0.3 is 6.03 Å². The van der Waals surface area contributed by atoms with Crippen LogP contribution in [0.2, 0.25) is 0 Å². The van der Waals surface area contributed by atoms with Crippen LogP contribution in [-0.2, 0) is 14.8 Å². The lowest BCUT2D eigenvalue weighted by molar-refractivity contribution is 0.148. The van der Waals surface area contributed by atoms with Crippen molar-refractivity contribution in [2.24, 2.45) is 0 Å². The molecule has 1 aromatic heterocycles. The second kappa shape index (κ2) is 9.70. The summed E-state index contributed by atoms with van der Waals surface area (Å²) in [6.07, 6.45) is 3.54. The maximum atomic E-state index is 12.4. The fraction of sp³-hybridized carbons (Fsp3) is 0.786. The molecule has 0 bridgehead atoms. The van der Waals surface area contributed by atoms with E-state index in [1.54, 1.807) is 12.0 Å². The summed E-state index contributed by atoms with van der Waals surface area (Å²) in [6.45, 7) is 5.64. The highest BCUT2D eigenvalue weighted by Gasteiger charge is 2.26. The molecule has 0 saturated heterocycles. The number of amides is 1. The first kappa shape index (κ1) is 20.5. The Hall–Kier alpha value is -1.52. The number of unbranched alkanes of at least 4 members (excludes halogenated alkanes) is 1. The highest BCUT2D eigenvalue weighted by Crippen LogP contribution is 2.10. The van der Waals surface area contributed by atoms with Gasteiger partial charge in [-0.2, -0.15) is 8.99 Å². The van der Waals surface area contributed by atoms with E-state index < -0.39 is 16.1 Å². The number of methoxy groups -OCH3 is 1. The van der Waals surface area contributed by atoms with Crippen molar-refractivity contribution in [3.63, 3.8) is 0 Å². The molecule has 1 heterocycles. The van der Waals surface area contributed by atoms with Crippen LogP contribution >= 0.6 is 0 Å². The quantitative estimate of drug-likeness (QED) is 0.617. The van der Waals surface area contributed by atoms with Gasteiger partial charge in [0.15, 0.2) is 0 Å². The maximum Gasteiger partial charge on any atom is 0.346 e. The molecule has 0 N–H and O–H groups in total. The highest BCUT2D eigenvalue weighted by molar-refractivity contribution is 7.88. The van der Waals surface area contributed by atoms with E-state index in [9.17, 15) is 13.2 Å². The van der Waals surface area contributed by atoms with Crippen molar-refractivity contribution in [3.8, 4) is 0 Å². The van der Waals surface area contributed by atoms with E-state index in [1.165, 1.54) is 11.4 Å². The lowest BCUT2D eigenvalue weighted by Crippen LogP contribution is -2.38. The number of hydrogen-bond acceptors (Lipinski definition) is 6. The van der Waals surface area contributed by atoms with E-state index in [0.29, 0.717) is 26.2 Å². The van der Waals surface area contributed by atoms with Gasteiger partial charge in [0, 0.05) is 33.8 Å². The summed E-state index contributed by atoms with van der Waals surface area (Å²) in [5.74, 6) is 0. The topological polar surface area (TPSA) is 97.6 Å². The van der Waals surface area contributed by atoms with E-state index in [1.807, 2.05) is 13.8 Å². The Kier molecular flexibility index (Phi) is 8.29. The summed E-state index contributed by atoms with van der Waals surface area (Å²) in [5.41, 5.74) is 0. The fourth-order valence-corrected chi connectivity index (χ4v) is 3.04. The lowest BCUT2D eigenvalue weighted by atomic mass is 10.3. The van der Waals surface area contributed by atoms with E-state index in [4.69, 9.17) is 4.74 Å². The number of nitrogens with zero attached hydrogens (tertiary/aromatic N) is 5. The summed E-state index contributed by atoms with van der Waals surface area (Å²) in [6, 6.07) is -0.418. The standard InChI is InChI=1S/C14H27N5O4S/c1-5-7-9-17(3)24(21,22)13-15-12-19(16-13)14(20)18(8-6-2)10-11-23-4/h12H,5-11H2,1-4H3. The van der Waals surface area contributed by atoms with Crippen LogP contribution in [0, 0.1) is 0 Å². The van der Waals surface area contributed by atoms with Crippen LogP contribution in [0.25, 0.3) is 0 Å². The van der Waals surface area contributed by atoms with Crippen LogP contribution in [0.1, 0.15) is 33.1 Å². The molecule has 0 aromatic carbocycles. The third-order valence-corrected chi connectivity index (χ3v) is 5.12. The molecule has 9 nitrogen and oxygen atoms in total. The van der Waals surface area contributed by atoms with Crippen LogP contribution in [0.5, 0.6) is 0 Å². The molecule has 1 amide bonds. The average Bonchev–Trinajstić information content (AvgIpc) is 3.06. The van der Waals surface area contributed by atoms with Crippen molar-refractivity contribution in [1.29, 1.82) is 0 Å². The monoisotopic (exact) mass is 361 g/mol. The average molecular weight is 361 g/mol. The number of rotatable bonds is 10. The summed E-state index contributed by atoms with van der Waals surface area (Å²) in [4.78, 5) is 17.8. The molecule has 24 heavy (non-hydrogen) atoms. The molecule has 0 radical (unpaired) electrons. The van der Waals surface area contributed by atoms with Gasteiger partial charge in [-0.1, -0.05) is 20.3 Å². The van der Waals surface area contributed by atoms with Gasteiger partial charge < -0.3 is 9.64 Å². The fourth-order valence-electron chi connectivity index (χ4n) is 2.02. The normalized spacial score (nSPS) is 11.9. The number of carbonyl (C=O) groups is 1. The zero-order valence-electron chi connectivity index (χ0n) is 14.8. The number of ether oxygens (including phenoxy) is 1. The molecule has 0 saturated carbocycles. The van der Waals surface area contributed by atoms with Gasteiger partial charge in [0.05, 0.1) is 6.61 Å². The summed E-state index contributed by atoms with van der Waals surface area (Å²) >= 11 is 0. The molecule has 0 unspecified atom stereocenters. The van der Waals surface area contributed by atoms with Gasteiger partial charge in [-0.3, -0.25) is 0 Å². The molecule has 0 aliphatic heterocycles. The second-order valence-electron chi connectivity index (χ2n) is 5.41. The van der Waals surface area contributed by atoms with Gasteiger partial charge in [0.1, 0.15) is 6.33 Å². The van der Waals surface area contributed by atoms with Crippen LogP contribution in [0.15, 0.2) is 11.5 Å². The van der Waals surface area contributed by atoms with Gasteiger partial charge in [0.2, 0.25) is 0 Å². The zero-order valence-corrected chi connectivity index (χ0v) is 15.6. The third-order valence-electron chi connectivity index (χ3n) is 3.46. The van der Waals surface area contributed by atoms with Crippen molar-refractivity contribution in [1.82, 2.24) is 24.0 Å². The molecule has 1 aromatic rings. The minimum atomic E-state index is -3.78. The molecule has 0 aliphatic carbocycles. The van der Waals surface area contributed by atoms with Crippen molar-refractivity contribution in [3.05, 3.63) is 6.33 Å². The minimum Gasteiger partial charge on any atom is -0.383 e. The predicted molar refractivity (Wildman–Crippen MR) is 89.3 cm³/mol. The molecular formula is C14H27N5O4S. The molecule has 0 spiro atoms. The Bertz CT molecular complexity index is 616. The summed E-state index contributed by atoms with van der Waals surface area (Å²) in [7, 11) is -0.746. The van der Waals surface area contributed by atoms with Crippen molar-refractivity contribution in [2.45, 2.75) is 38.3 Å². The Balaban J connectivity index is 2.91. The smallest absolute Gasteiger partial charge is 0.346 e. The van der Waals surface area contributed by atoms with Gasteiger partial charge in [-0.25, -0.2) is 18.2 Å². The van der Waals surface area contributed by atoms with Crippen LogP contribution in [0.4, 0.5) is 4.79 Å². The van der Waals surface area contributed by atoms with Crippen molar-refractivity contribution in [2.75, 3.05) is 40.4 Å². The Morgan fingerprint density at radius 1 is 1.25 bits per heavy atom. The minimum absolute atomic E-state index is 0.363. The number of carbonyl (C=O) groups excluding carboxylic acids is 1. The first-order valence-electron chi connectivity index (χ1n) is 8.04. The molecule has 0 aliphatic rings. The Morgan fingerprint density at radius 3 is 2.54 bits per heavy atom. The van der Waals surface area contributed by atoms with E-state index in [-0.39, 0.29) is 5.16 Å². The molecule has 0 atom stereocenters. The largest absolute Gasteiger partial charge is 0.383 e. The molecule has 1 rings (SSSR count). The van der Waals surface area contributed by atoms with Gasteiger partial charge in [-0.05, 0) is 12.8 Å². The number of aromatic nitrogens is 3. The van der Waals surface area contributed by atoms with Crippen LogP contribution in [-0.4, -0.2) is 78.8 Å². The van der Waals surface area contributed by atoms with Crippen molar-refractivity contribution >= 4 is 16.1 Å². The highest BCUT2D eigenvalue weighted by atomic mass is 32.2. The predicted octanol–water partition coefficient (Wildman–Crippen LogP) is 1.03. The van der Waals surface area contributed by atoms with Gasteiger partial charge in [-0.15, -0.1) is 5.10 Å². The Labute approximate surface area is 143 Å². The molecule has 0 fully saturated rings. The third kappa shape index (κ3) is 5.25. The summed E-state index contributed by atoms with van der Waals surface area (Å²) < 4.78 is 31.9. The molecular weight excluding hydrogens is 334 g/mol. The van der Waals surface area contributed by atoms with Gasteiger partial charge in [0.25, 0.3) is 15.2 Å². The van der Waals surface area contributed by atoms with E-state index in [0.717, 1.165) is 30.3 Å². The van der Waals surface area contributed by atoms with Crippen LogP contribution < -0.4 is 0 Å². The first-order chi connectivity index (χ1) is 11.4. The maximum absolute atomic E-state index is 12.4.